The normalized spacial score (nSPS) is 12.9. The van der Waals surface area contributed by atoms with Crippen molar-refractivity contribution in [3.8, 4) is 0 Å². The van der Waals surface area contributed by atoms with Gasteiger partial charge in [0.2, 0.25) is 0 Å². The van der Waals surface area contributed by atoms with Gasteiger partial charge in [-0.15, -0.1) is 11.3 Å². The molecule has 1 unspecified atom stereocenters. The van der Waals surface area contributed by atoms with Crippen molar-refractivity contribution in [1.29, 1.82) is 0 Å². The second kappa shape index (κ2) is 5.49. The lowest BCUT2D eigenvalue weighted by Crippen LogP contribution is -2.17. The van der Waals surface area contributed by atoms with E-state index >= 15 is 0 Å². The van der Waals surface area contributed by atoms with E-state index in [1.807, 2.05) is 25.2 Å². The summed E-state index contributed by atoms with van der Waals surface area (Å²) in [5.41, 5.74) is 0.947. The van der Waals surface area contributed by atoms with E-state index in [-0.39, 0.29) is 6.04 Å². The van der Waals surface area contributed by atoms with E-state index in [0.29, 0.717) is 0 Å². The van der Waals surface area contributed by atoms with Crippen molar-refractivity contribution in [3.05, 3.63) is 56.9 Å². The third-order valence-corrected chi connectivity index (χ3v) is 5.17. The Morgan fingerprint density at radius 3 is 2.84 bits per heavy atom. The summed E-state index contributed by atoms with van der Waals surface area (Å²) < 4.78 is 7.11. The molecule has 3 aromatic rings. The Labute approximate surface area is 124 Å². The molecule has 1 atom stereocenters. The second-order valence-corrected chi connectivity index (χ2v) is 6.28. The molecule has 19 heavy (non-hydrogen) atoms. The van der Waals surface area contributed by atoms with E-state index in [9.17, 15) is 0 Å². The zero-order valence-corrected chi connectivity index (χ0v) is 12.9. The summed E-state index contributed by atoms with van der Waals surface area (Å²) in [5.74, 6) is 0.990. The van der Waals surface area contributed by atoms with Gasteiger partial charge < -0.3 is 9.73 Å². The van der Waals surface area contributed by atoms with Crippen molar-refractivity contribution in [2.75, 3.05) is 7.05 Å². The molecule has 0 saturated heterocycles. The topological polar surface area (TPSA) is 25.2 Å². The molecule has 2 aromatic heterocycles. The predicted molar refractivity (Wildman–Crippen MR) is 83.7 cm³/mol. The lowest BCUT2D eigenvalue weighted by atomic mass is 10.1. The van der Waals surface area contributed by atoms with E-state index in [1.165, 1.54) is 9.35 Å². The number of thiophene rings is 1. The van der Waals surface area contributed by atoms with Crippen LogP contribution in [0.3, 0.4) is 0 Å². The number of halogens is 1. The molecule has 0 spiro atoms. The van der Waals surface area contributed by atoms with E-state index in [4.69, 9.17) is 4.42 Å². The van der Waals surface area contributed by atoms with Crippen LogP contribution in [0.15, 0.2) is 50.7 Å². The molecule has 2 nitrogen and oxygen atoms in total. The van der Waals surface area contributed by atoms with Gasteiger partial charge in [0.25, 0.3) is 0 Å². The number of likely N-dealkylation sites (N-methyl/N-ethyl adjacent to an activating group) is 1. The fourth-order valence-electron chi connectivity index (χ4n) is 2.18. The molecule has 4 heteroatoms. The predicted octanol–water partition coefficient (Wildman–Crippen LogP) is 4.76. The van der Waals surface area contributed by atoms with E-state index in [0.717, 1.165) is 23.2 Å². The molecule has 2 heterocycles. The Morgan fingerprint density at radius 2 is 2.16 bits per heavy atom. The number of hydrogen-bond acceptors (Lipinski definition) is 3. The zero-order valence-electron chi connectivity index (χ0n) is 10.5. The highest BCUT2D eigenvalue weighted by Gasteiger charge is 2.17. The van der Waals surface area contributed by atoms with Gasteiger partial charge in [-0.2, -0.15) is 0 Å². The molecule has 0 saturated carbocycles. The summed E-state index contributed by atoms with van der Waals surface area (Å²) in [5, 5.41) is 6.59. The van der Waals surface area contributed by atoms with Crippen LogP contribution in [0, 0.1) is 0 Å². The quantitative estimate of drug-likeness (QED) is 0.743. The van der Waals surface area contributed by atoms with Crippen molar-refractivity contribution < 1.29 is 4.42 Å². The molecule has 0 aliphatic rings. The van der Waals surface area contributed by atoms with Gasteiger partial charge >= 0.3 is 0 Å². The molecule has 0 radical (unpaired) electrons. The van der Waals surface area contributed by atoms with E-state index in [1.54, 1.807) is 11.3 Å². The molecule has 0 bridgehead atoms. The molecular formula is C15H14BrNOS. The SMILES string of the molecule is CNC(Cc1sccc1Br)c1cc2ccccc2o1. The molecule has 0 aliphatic heterocycles. The molecule has 0 fully saturated rings. The van der Waals surface area contributed by atoms with Crippen LogP contribution in [0.1, 0.15) is 16.7 Å². The maximum atomic E-state index is 5.94. The van der Waals surface area contributed by atoms with Gasteiger partial charge in [0, 0.05) is 21.2 Å². The Balaban J connectivity index is 1.91. The molecule has 1 aromatic carbocycles. The van der Waals surface area contributed by atoms with Crippen molar-refractivity contribution in [2.24, 2.45) is 0 Å². The molecule has 0 amide bonds. The van der Waals surface area contributed by atoms with Gasteiger partial charge in [-0.1, -0.05) is 18.2 Å². The summed E-state index contributed by atoms with van der Waals surface area (Å²) in [4.78, 5) is 1.33. The molecular weight excluding hydrogens is 322 g/mol. The first-order valence-corrected chi connectivity index (χ1v) is 7.83. The average Bonchev–Trinajstić information content (AvgIpc) is 3.02. The van der Waals surface area contributed by atoms with Crippen LogP contribution in [0.5, 0.6) is 0 Å². The summed E-state index contributed by atoms with van der Waals surface area (Å²) in [7, 11) is 1.97. The van der Waals surface area contributed by atoms with Gasteiger partial charge in [-0.25, -0.2) is 0 Å². The van der Waals surface area contributed by atoms with Crippen LogP contribution in [0.25, 0.3) is 11.0 Å². The lowest BCUT2D eigenvalue weighted by molar-refractivity contribution is 0.452. The van der Waals surface area contributed by atoms with Crippen LogP contribution in [0.4, 0.5) is 0 Å². The van der Waals surface area contributed by atoms with Crippen LogP contribution in [-0.2, 0) is 6.42 Å². The Kier molecular flexibility index (Phi) is 3.73. The molecule has 0 aliphatic carbocycles. The minimum Gasteiger partial charge on any atom is -0.459 e. The number of hydrogen-bond donors (Lipinski definition) is 1. The van der Waals surface area contributed by atoms with Crippen LogP contribution < -0.4 is 5.32 Å². The molecule has 98 valence electrons. The number of fused-ring (bicyclic) bond motifs is 1. The Morgan fingerprint density at radius 1 is 1.32 bits per heavy atom. The summed E-state index contributed by atoms with van der Waals surface area (Å²) in [6.07, 6.45) is 0.925. The maximum absolute atomic E-state index is 5.94. The van der Waals surface area contributed by atoms with Crippen LogP contribution >= 0.6 is 27.3 Å². The highest BCUT2D eigenvalue weighted by molar-refractivity contribution is 9.10. The molecule has 1 N–H and O–H groups in total. The number of nitrogens with one attached hydrogen (secondary N) is 1. The Hall–Kier alpha value is -1.10. The lowest BCUT2D eigenvalue weighted by Gasteiger charge is -2.12. The largest absolute Gasteiger partial charge is 0.459 e. The van der Waals surface area contributed by atoms with Gasteiger partial charge in [0.1, 0.15) is 11.3 Å². The van der Waals surface area contributed by atoms with Crippen molar-refractivity contribution >= 4 is 38.2 Å². The Bertz CT molecular complexity index is 655. The minimum atomic E-state index is 0.197. The van der Waals surface area contributed by atoms with Gasteiger partial charge in [0.15, 0.2) is 0 Å². The number of rotatable bonds is 4. The third-order valence-electron chi connectivity index (χ3n) is 3.22. The average molecular weight is 336 g/mol. The monoisotopic (exact) mass is 335 g/mol. The van der Waals surface area contributed by atoms with E-state index < -0.39 is 0 Å². The van der Waals surface area contributed by atoms with Crippen molar-refractivity contribution in [3.63, 3.8) is 0 Å². The first kappa shape index (κ1) is 12.9. The highest BCUT2D eigenvalue weighted by Crippen LogP contribution is 2.30. The summed E-state index contributed by atoms with van der Waals surface area (Å²) >= 11 is 5.35. The smallest absolute Gasteiger partial charge is 0.134 e. The fraction of sp³-hybridized carbons (Fsp3) is 0.200. The first-order chi connectivity index (χ1) is 9.28. The standard InChI is InChI=1S/C15H14BrNOS/c1-17-12(9-15-11(16)6-7-19-15)14-8-10-4-2-3-5-13(10)18-14/h2-8,12,17H,9H2,1H3. The maximum Gasteiger partial charge on any atom is 0.134 e. The number of para-hydroxylation sites is 1. The molecule has 3 rings (SSSR count). The third kappa shape index (κ3) is 2.61. The van der Waals surface area contributed by atoms with Gasteiger partial charge in [0.05, 0.1) is 6.04 Å². The van der Waals surface area contributed by atoms with E-state index in [2.05, 4.69) is 44.8 Å². The van der Waals surface area contributed by atoms with Gasteiger partial charge in [-0.3, -0.25) is 0 Å². The second-order valence-electron chi connectivity index (χ2n) is 4.42. The van der Waals surface area contributed by atoms with Crippen LogP contribution in [-0.4, -0.2) is 7.05 Å². The zero-order chi connectivity index (χ0) is 13.2. The van der Waals surface area contributed by atoms with Crippen molar-refractivity contribution in [1.82, 2.24) is 5.32 Å². The van der Waals surface area contributed by atoms with Crippen LogP contribution in [0.2, 0.25) is 0 Å². The fourth-order valence-corrected chi connectivity index (χ4v) is 3.74. The first-order valence-electron chi connectivity index (χ1n) is 6.15. The minimum absolute atomic E-state index is 0.197. The number of furan rings is 1. The van der Waals surface area contributed by atoms with Gasteiger partial charge in [-0.05, 0) is 46.6 Å². The summed E-state index contributed by atoms with van der Waals surface area (Å²) in [6.45, 7) is 0. The van der Waals surface area contributed by atoms with Crippen molar-refractivity contribution in [2.45, 2.75) is 12.5 Å². The highest BCUT2D eigenvalue weighted by atomic mass is 79.9. The summed E-state index contributed by atoms with van der Waals surface area (Å²) in [6, 6.07) is 12.5. The number of benzene rings is 1.